The second-order valence-electron chi connectivity index (χ2n) is 8.19. The Labute approximate surface area is 181 Å². The second-order valence-corrected chi connectivity index (χ2v) is 9.93. The highest BCUT2D eigenvalue weighted by molar-refractivity contribution is 7.92. The number of hydrogen-bond donors (Lipinski definition) is 1. The summed E-state index contributed by atoms with van der Waals surface area (Å²) in [6, 6.07) is 7.68. The molecular formula is C21H25N7O2S. The van der Waals surface area contributed by atoms with Gasteiger partial charge < -0.3 is 4.90 Å². The van der Waals surface area contributed by atoms with Crippen LogP contribution in [-0.4, -0.2) is 45.4 Å². The Kier molecular flexibility index (Phi) is 4.88. The predicted molar refractivity (Wildman–Crippen MR) is 119 cm³/mol. The molecule has 5 rings (SSSR count). The van der Waals surface area contributed by atoms with Crippen LogP contribution in [0.15, 0.2) is 36.8 Å². The smallest absolute Gasteiger partial charge is 0.229 e. The Bertz CT molecular complexity index is 1220. The van der Waals surface area contributed by atoms with Gasteiger partial charge in [0.25, 0.3) is 0 Å². The molecule has 31 heavy (non-hydrogen) atoms. The molecule has 1 aliphatic heterocycles. The van der Waals surface area contributed by atoms with Crippen molar-refractivity contribution < 1.29 is 8.42 Å². The van der Waals surface area contributed by atoms with Crippen molar-refractivity contribution in [2.45, 2.75) is 51.1 Å². The highest BCUT2D eigenvalue weighted by Crippen LogP contribution is 2.43. The normalized spacial score (nSPS) is 18.6. The lowest BCUT2D eigenvalue weighted by molar-refractivity contribution is 0.469. The van der Waals surface area contributed by atoms with Gasteiger partial charge in [-0.25, -0.2) is 18.4 Å². The maximum absolute atomic E-state index is 11.6. The average Bonchev–Trinajstić information content (AvgIpc) is 3.43. The zero-order valence-corrected chi connectivity index (χ0v) is 18.4. The molecule has 2 aliphatic rings. The van der Waals surface area contributed by atoms with Crippen molar-refractivity contribution in [1.29, 1.82) is 0 Å². The number of fused-ring (bicyclic) bond motifs is 3. The minimum absolute atomic E-state index is 0.110. The van der Waals surface area contributed by atoms with Gasteiger partial charge in [0.2, 0.25) is 10.0 Å². The van der Waals surface area contributed by atoms with Crippen molar-refractivity contribution in [1.82, 2.24) is 24.7 Å². The van der Waals surface area contributed by atoms with Crippen LogP contribution < -0.4 is 9.62 Å². The molecule has 0 saturated heterocycles. The van der Waals surface area contributed by atoms with Gasteiger partial charge in [0.15, 0.2) is 17.5 Å². The van der Waals surface area contributed by atoms with Gasteiger partial charge in [-0.3, -0.25) is 9.29 Å². The number of nitrogens with zero attached hydrogens (tertiary/aromatic N) is 6. The summed E-state index contributed by atoms with van der Waals surface area (Å²) in [5.41, 5.74) is 2.12. The number of aromatic nitrogens is 5. The molecule has 1 N–H and O–H groups in total. The Morgan fingerprint density at radius 2 is 2.03 bits per heavy atom. The first-order valence-electron chi connectivity index (χ1n) is 10.6. The fraction of sp³-hybridized carbons (Fsp3) is 0.429. The third-order valence-corrected chi connectivity index (χ3v) is 6.60. The number of anilines is 2. The first-order valence-corrected chi connectivity index (χ1v) is 12.5. The van der Waals surface area contributed by atoms with E-state index in [4.69, 9.17) is 4.98 Å². The van der Waals surface area contributed by atoms with E-state index in [1.807, 2.05) is 16.8 Å². The third kappa shape index (κ3) is 3.65. The van der Waals surface area contributed by atoms with E-state index in [9.17, 15) is 8.42 Å². The molecular weight excluding hydrogens is 414 g/mol. The van der Waals surface area contributed by atoms with Gasteiger partial charge in [-0.1, -0.05) is 31.9 Å². The minimum atomic E-state index is -3.36. The molecule has 1 saturated carbocycles. The van der Waals surface area contributed by atoms with E-state index in [1.54, 1.807) is 24.5 Å². The third-order valence-electron chi connectivity index (χ3n) is 5.99. The highest BCUT2D eigenvalue weighted by Gasteiger charge is 2.38. The van der Waals surface area contributed by atoms with Crippen molar-refractivity contribution >= 4 is 21.5 Å². The summed E-state index contributed by atoms with van der Waals surface area (Å²) < 4.78 is 27.8. The summed E-state index contributed by atoms with van der Waals surface area (Å²) in [6.45, 7) is 2.17. The van der Waals surface area contributed by atoms with Crippen LogP contribution in [0, 0.1) is 0 Å². The van der Waals surface area contributed by atoms with Crippen molar-refractivity contribution in [3.8, 4) is 17.1 Å². The quantitative estimate of drug-likeness (QED) is 0.650. The van der Waals surface area contributed by atoms with Crippen LogP contribution in [0.1, 0.15) is 50.9 Å². The van der Waals surface area contributed by atoms with E-state index in [-0.39, 0.29) is 6.04 Å². The maximum atomic E-state index is 11.6. The molecule has 9 nitrogen and oxygen atoms in total. The molecule has 1 aromatic carbocycles. The molecule has 0 amide bonds. The fourth-order valence-electron chi connectivity index (χ4n) is 4.72. The van der Waals surface area contributed by atoms with E-state index in [0.717, 1.165) is 48.4 Å². The van der Waals surface area contributed by atoms with Gasteiger partial charge >= 0.3 is 0 Å². The van der Waals surface area contributed by atoms with Gasteiger partial charge in [0.05, 0.1) is 18.5 Å². The SMILES string of the molecule is CCC1c2nncn2-c2cnc(-c3cccc(NS(C)(=O)=O)c3)nc2N1C1CCCC1. The first-order chi connectivity index (χ1) is 14.9. The standard InChI is InChI=1S/C21H25N7O2S/c1-3-17-21-25-23-13-27(21)18-12-22-19(24-20(18)28(17)16-9-4-5-10-16)14-7-6-8-15(11-14)26-31(2,29)30/h6-8,11-13,16-17,26H,3-5,9-10H2,1-2H3. The maximum Gasteiger partial charge on any atom is 0.229 e. The summed E-state index contributed by atoms with van der Waals surface area (Å²) in [5, 5.41) is 8.56. The molecule has 1 unspecified atom stereocenters. The molecule has 0 bridgehead atoms. The lowest BCUT2D eigenvalue weighted by Crippen LogP contribution is -2.42. The van der Waals surface area contributed by atoms with Crippen molar-refractivity contribution in [2.75, 3.05) is 15.9 Å². The van der Waals surface area contributed by atoms with Crippen LogP contribution in [-0.2, 0) is 10.0 Å². The molecule has 3 heterocycles. The molecule has 0 radical (unpaired) electrons. The van der Waals surface area contributed by atoms with Gasteiger partial charge in [-0.15, -0.1) is 10.2 Å². The molecule has 3 aromatic rings. The van der Waals surface area contributed by atoms with Crippen LogP contribution in [0.5, 0.6) is 0 Å². The Morgan fingerprint density at radius 1 is 1.23 bits per heavy atom. The largest absolute Gasteiger partial charge is 0.342 e. The molecule has 162 valence electrons. The van der Waals surface area contributed by atoms with Gasteiger partial charge in [-0.05, 0) is 31.4 Å². The minimum Gasteiger partial charge on any atom is -0.342 e. The van der Waals surface area contributed by atoms with E-state index in [2.05, 4.69) is 31.7 Å². The summed E-state index contributed by atoms with van der Waals surface area (Å²) in [7, 11) is -3.36. The molecule has 1 atom stereocenters. The van der Waals surface area contributed by atoms with E-state index >= 15 is 0 Å². The molecule has 0 spiro atoms. The lowest BCUT2D eigenvalue weighted by Gasteiger charge is -2.40. The second kappa shape index (κ2) is 7.60. The monoisotopic (exact) mass is 439 g/mol. The predicted octanol–water partition coefficient (Wildman–Crippen LogP) is 3.31. The zero-order valence-electron chi connectivity index (χ0n) is 17.6. The number of sulfonamides is 1. The number of nitrogens with one attached hydrogen (secondary N) is 1. The lowest BCUT2D eigenvalue weighted by atomic mass is 10.0. The number of rotatable bonds is 5. The van der Waals surface area contributed by atoms with E-state index in [1.165, 1.54) is 12.8 Å². The van der Waals surface area contributed by atoms with Crippen molar-refractivity contribution in [3.05, 3.63) is 42.6 Å². The summed E-state index contributed by atoms with van der Waals surface area (Å²) in [5.74, 6) is 2.38. The van der Waals surface area contributed by atoms with Gasteiger partial charge in [0.1, 0.15) is 12.0 Å². The number of hydrogen-bond acceptors (Lipinski definition) is 7. The number of benzene rings is 1. The zero-order chi connectivity index (χ0) is 21.6. The molecule has 1 fully saturated rings. The van der Waals surface area contributed by atoms with Crippen molar-refractivity contribution in [3.63, 3.8) is 0 Å². The Balaban J connectivity index is 1.62. The van der Waals surface area contributed by atoms with Crippen LogP contribution >= 0.6 is 0 Å². The van der Waals surface area contributed by atoms with Crippen LogP contribution in [0.25, 0.3) is 17.1 Å². The molecule has 1 aliphatic carbocycles. The van der Waals surface area contributed by atoms with Crippen LogP contribution in [0.2, 0.25) is 0 Å². The summed E-state index contributed by atoms with van der Waals surface area (Å²) >= 11 is 0. The van der Waals surface area contributed by atoms with E-state index in [0.29, 0.717) is 17.6 Å². The Morgan fingerprint density at radius 3 is 2.77 bits per heavy atom. The summed E-state index contributed by atoms with van der Waals surface area (Å²) in [6.07, 6.45) is 10.3. The van der Waals surface area contributed by atoms with Crippen LogP contribution in [0.4, 0.5) is 11.5 Å². The fourth-order valence-corrected chi connectivity index (χ4v) is 5.27. The molecule has 10 heteroatoms. The highest BCUT2D eigenvalue weighted by atomic mass is 32.2. The Hall–Kier alpha value is -3.01. The average molecular weight is 440 g/mol. The van der Waals surface area contributed by atoms with Crippen molar-refractivity contribution in [2.24, 2.45) is 0 Å². The van der Waals surface area contributed by atoms with Crippen LogP contribution in [0.3, 0.4) is 0 Å². The molecule has 2 aromatic heterocycles. The summed E-state index contributed by atoms with van der Waals surface area (Å²) in [4.78, 5) is 12.0. The van der Waals surface area contributed by atoms with E-state index < -0.39 is 10.0 Å². The topological polar surface area (TPSA) is 106 Å². The first kappa shape index (κ1) is 19.9. The van der Waals surface area contributed by atoms with Gasteiger partial charge in [0, 0.05) is 17.3 Å². The van der Waals surface area contributed by atoms with Gasteiger partial charge in [-0.2, -0.15) is 0 Å².